The van der Waals surface area contributed by atoms with E-state index in [-0.39, 0.29) is 22.8 Å². The maximum atomic E-state index is 11.7. The number of nitrogens with zero attached hydrogens (tertiary/aromatic N) is 3. The van der Waals surface area contributed by atoms with Gasteiger partial charge in [0.2, 0.25) is 5.91 Å². The van der Waals surface area contributed by atoms with Gasteiger partial charge in [-0.2, -0.15) is 0 Å². The second kappa shape index (κ2) is 4.85. The van der Waals surface area contributed by atoms with Crippen molar-refractivity contribution in [2.24, 2.45) is 10.7 Å². The Bertz CT molecular complexity index is 614. The van der Waals surface area contributed by atoms with Crippen LogP contribution in [0.2, 0.25) is 0 Å². The highest BCUT2D eigenvalue weighted by atomic mass is 32.2. The lowest BCUT2D eigenvalue weighted by Gasteiger charge is -2.45. The van der Waals surface area contributed by atoms with Crippen molar-refractivity contribution in [2.75, 3.05) is 12.8 Å². The Morgan fingerprint density at radius 2 is 2.24 bits per heavy atom. The number of nitrogens with one attached hydrogen (secondary N) is 1. The van der Waals surface area contributed by atoms with Gasteiger partial charge in [-0.25, -0.2) is 9.79 Å². The minimum absolute atomic E-state index is 0.0255. The first-order valence-corrected chi connectivity index (χ1v) is 7.50. The SMILES string of the molecule is CN1C(C2=C(C(=O)O)N3C(=O)C[C@@H]3SC2)=NC(=N)CC1N. The van der Waals surface area contributed by atoms with E-state index in [9.17, 15) is 14.7 Å². The van der Waals surface area contributed by atoms with Gasteiger partial charge in [0.15, 0.2) is 0 Å². The van der Waals surface area contributed by atoms with Crippen LogP contribution in [0.4, 0.5) is 0 Å². The number of aliphatic imine (C=N–C) groups is 1. The third-order valence-electron chi connectivity index (χ3n) is 3.80. The molecule has 0 saturated carbocycles. The van der Waals surface area contributed by atoms with Crippen LogP contribution in [-0.4, -0.2) is 62.8 Å². The number of carbonyl (C=O) groups is 2. The fourth-order valence-corrected chi connectivity index (χ4v) is 3.87. The van der Waals surface area contributed by atoms with Crippen LogP contribution in [0.3, 0.4) is 0 Å². The summed E-state index contributed by atoms with van der Waals surface area (Å²) in [6, 6.07) is 0. The molecular weight excluding hydrogens is 294 g/mol. The largest absolute Gasteiger partial charge is 0.477 e. The molecule has 1 saturated heterocycles. The zero-order chi connectivity index (χ0) is 15.3. The van der Waals surface area contributed by atoms with Crippen molar-refractivity contribution in [2.45, 2.75) is 24.4 Å². The number of hydrogen-bond donors (Lipinski definition) is 3. The van der Waals surface area contributed by atoms with Crippen LogP contribution in [0.15, 0.2) is 16.3 Å². The lowest BCUT2D eigenvalue weighted by Crippen LogP contribution is -2.56. The zero-order valence-electron chi connectivity index (χ0n) is 11.4. The molecule has 0 spiro atoms. The highest BCUT2D eigenvalue weighted by molar-refractivity contribution is 8.00. The molecule has 0 bridgehead atoms. The van der Waals surface area contributed by atoms with E-state index in [1.54, 1.807) is 11.9 Å². The van der Waals surface area contributed by atoms with E-state index in [0.717, 1.165) is 0 Å². The van der Waals surface area contributed by atoms with Crippen molar-refractivity contribution < 1.29 is 14.7 Å². The van der Waals surface area contributed by atoms with Gasteiger partial charge in [0.1, 0.15) is 17.4 Å². The minimum atomic E-state index is -1.15. The topological polar surface area (TPSA) is 123 Å². The third-order valence-corrected chi connectivity index (χ3v) is 5.02. The number of nitrogens with two attached hydrogens (primary N) is 1. The first-order chi connectivity index (χ1) is 9.90. The molecule has 0 aromatic heterocycles. The average Bonchev–Trinajstić information content (AvgIpc) is 2.40. The predicted octanol–water partition coefficient (Wildman–Crippen LogP) is -0.374. The number of aliphatic carboxylic acids is 1. The van der Waals surface area contributed by atoms with Crippen LogP contribution in [0.5, 0.6) is 0 Å². The molecule has 0 aromatic rings. The second-order valence-corrected chi connectivity index (χ2v) is 6.30. The Labute approximate surface area is 125 Å². The molecule has 9 heteroatoms. The fraction of sp³-hybridized carbons (Fsp3) is 0.500. The summed E-state index contributed by atoms with van der Waals surface area (Å²) in [4.78, 5) is 30.4. The molecule has 2 atom stereocenters. The molecule has 0 aliphatic carbocycles. The number of thioether (sulfide) groups is 1. The number of carbonyl (C=O) groups excluding carboxylic acids is 1. The number of fused-ring (bicyclic) bond motifs is 1. The molecule has 3 aliphatic heterocycles. The van der Waals surface area contributed by atoms with Crippen LogP contribution < -0.4 is 5.73 Å². The number of β-lactam (4-membered cyclic amide) rings is 1. The number of amidine groups is 2. The summed E-state index contributed by atoms with van der Waals surface area (Å²) in [7, 11) is 1.72. The molecule has 4 N–H and O–H groups in total. The van der Waals surface area contributed by atoms with Crippen molar-refractivity contribution in [3.63, 3.8) is 0 Å². The Hall–Kier alpha value is -1.87. The third kappa shape index (κ3) is 2.12. The van der Waals surface area contributed by atoms with E-state index in [1.807, 2.05) is 0 Å². The summed E-state index contributed by atoms with van der Waals surface area (Å²) in [6.07, 6.45) is 0.267. The number of likely N-dealkylation sites (N-methyl/N-ethyl adjacent to an activating group) is 1. The average molecular weight is 309 g/mol. The van der Waals surface area contributed by atoms with E-state index < -0.39 is 12.1 Å². The van der Waals surface area contributed by atoms with Crippen molar-refractivity contribution >= 4 is 35.3 Å². The van der Waals surface area contributed by atoms with Gasteiger partial charge in [-0.1, -0.05) is 0 Å². The monoisotopic (exact) mass is 309 g/mol. The molecule has 3 rings (SSSR count). The summed E-state index contributed by atoms with van der Waals surface area (Å²) < 4.78 is 0. The Kier molecular flexibility index (Phi) is 3.25. The first kappa shape index (κ1) is 14.1. The lowest BCUT2D eigenvalue weighted by atomic mass is 10.1. The molecule has 3 heterocycles. The van der Waals surface area contributed by atoms with Crippen molar-refractivity contribution in [1.82, 2.24) is 9.80 Å². The Morgan fingerprint density at radius 1 is 1.52 bits per heavy atom. The van der Waals surface area contributed by atoms with Gasteiger partial charge in [0.05, 0.1) is 18.0 Å². The van der Waals surface area contributed by atoms with Gasteiger partial charge < -0.3 is 15.7 Å². The van der Waals surface area contributed by atoms with E-state index in [2.05, 4.69) is 4.99 Å². The van der Waals surface area contributed by atoms with E-state index in [4.69, 9.17) is 11.1 Å². The number of carboxylic acids is 1. The van der Waals surface area contributed by atoms with Gasteiger partial charge in [-0.3, -0.25) is 15.1 Å². The number of carboxylic acid groups (broad SMARTS) is 1. The van der Waals surface area contributed by atoms with Gasteiger partial charge in [-0.15, -0.1) is 11.8 Å². The maximum absolute atomic E-state index is 11.7. The van der Waals surface area contributed by atoms with E-state index in [1.165, 1.54) is 16.7 Å². The summed E-state index contributed by atoms with van der Waals surface area (Å²) in [5.41, 5.74) is 6.37. The number of amides is 1. The van der Waals surface area contributed by atoms with Crippen molar-refractivity contribution in [1.29, 1.82) is 5.41 Å². The normalized spacial score (nSPS) is 29.1. The molecule has 3 aliphatic rings. The molecule has 0 aromatic carbocycles. The van der Waals surface area contributed by atoms with Gasteiger partial charge in [0.25, 0.3) is 0 Å². The second-order valence-electron chi connectivity index (χ2n) is 5.13. The Balaban J connectivity index is 2.09. The predicted molar refractivity (Wildman–Crippen MR) is 77.9 cm³/mol. The maximum Gasteiger partial charge on any atom is 0.353 e. The molecule has 0 radical (unpaired) electrons. The van der Waals surface area contributed by atoms with Crippen molar-refractivity contribution in [3.8, 4) is 0 Å². The highest BCUT2D eigenvalue weighted by Gasteiger charge is 2.47. The fourth-order valence-electron chi connectivity index (χ4n) is 2.61. The quantitative estimate of drug-likeness (QED) is 0.598. The number of hydrogen-bond acceptors (Lipinski definition) is 6. The van der Waals surface area contributed by atoms with E-state index in [0.29, 0.717) is 30.0 Å². The van der Waals surface area contributed by atoms with Crippen LogP contribution in [0.1, 0.15) is 12.8 Å². The molecule has 112 valence electrons. The van der Waals surface area contributed by atoms with E-state index >= 15 is 0 Å². The smallest absolute Gasteiger partial charge is 0.353 e. The standard InChI is InChI=1S/C12H15N5O3S/c1-16-7(14)2-6(13)15-11(16)5-4-21-9-3-8(18)17(9)10(5)12(19)20/h7,9,13H,2-4,14H2,1H3,(H,19,20)/t7?,9-/m0/s1. The molecule has 1 fully saturated rings. The first-order valence-electron chi connectivity index (χ1n) is 6.45. The highest BCUT2D eigenvalue weighted by Crippen LogP contribution is 2.40. The molecule has 21 heavy (non-hydrogen) atoms. The zero-order valence-corrected chi connectivity index (χ0v) is 12.2. The van der Waals surface area contributed by atoms with Gasteiger partial charge >= 0.3 is 5.97 Å². The Morgan fingerprint density at radius 3 is 2.86 bits per heavy atom. The molecule has 1 amide bonds. The van der Waals surface area contributed by atoms with Gasteiger partial charge in [-0.05, 0) is 0 Å². The van der Waals surface area contributed by atoms with Crippen molar-refractivity contribution in [3.05, 3.63) is 11.3 Å². The van der Waals surface area contributed by atoms with Crippen LogP contribution in [0.25, 0.3) is 0 Å². The molecule has 1 unspecified atom stereocenters. The summed E-state index contributed by atoms with van der Waals surface area (Å²) in [6.45, 7) is 0. The summed E-state index contributed by atoms with van der Waals surface area (Å²) >= 11 is 1.51. The molecular formula is C12H15N5O3S. The number of rotatable bonds is 2. The summed E-state index contributed by atoms with van der Waals surface area (Å²) in [5, 5.41) is 17.1. The molecule has 8 nitrogen and oxygen atoms in total. The van der Waals surface area contributed by atoms with Crippen LogP contribution >= 0.6 is 11.8 Å². The minimum Gasteiger partial charge on any atom is -0.477 e. The van der Waals surface area contributed by atoms with Crippen LogP contribution in [-0.2, 0) is 9.59 Å². The lowest BCUT2D eigenvalue weighted by molar-refractivity contribution is -0.146. The van der Waals surface area contributed by atoms with Gasteiger partial charge in [0, 0.05) is 24.8 Å². The van der Waals surface area contributed by atoms with Crippen LogP contribution in [0, 0.1) is 5.41 Å². The summed E-state index contributed by atoms with van der Waals surface area (Å²) in [5.74, 6) is -0.401.